The van der Waals surface area contributed by atoms with Crippen molar-refractivity contribution in [2.45, 2.75) is 82.5 Å². The SMILES string of the molecule is Cc1cccc(C)c1-c1cc2nc(n1)NS(=O)(=O)c1cccc(c1)C(=O)N(Cc1cncc(N3CCC[C@H]3C)n1)[C@H](COC1CCC1)CO2. The van der Waals surface area contributed by atoms with Gasteiger partial charge in [-0.25, -0.2) is 23.1 Å². The Morgan fingerprint density at radius 2 is 1.78 bits per heavy atom. The standard InChI is InChI=1S/C36H41N7O5S/c1-23-8-4-9-24(2)34(23)31-17-33-40-36(39-31)41-49(45,46)30-14-5-11-26(16-30)35(44)43(28(22-48-33)21-47-29-12-6-13-29)20-27-18-37-19-32(38-27)42-15-7-10-25(42)3/h4-5,8-9,11,14,16-19,25,28-29H,6-7,10,12-13,15,20-22H2,1-3H3,(H,39,40,41)/t25-,28-/m1/s1. The lowest BCUT2D eigenvalue weighted by Crippen LogP contribution is -2.47. The number of aromatic nitrogens is 4. The van der Waals surface area contributed by atoms with Gasteiger partial charge in [0, 0.05) is 29.8 Å². The molecule has 2 aromatic carbocycles. The fourth-order valence-corrected chi connectivity index (χ4v) is 7.64. The van der Waals surface area contributed by atoms with Crippen molar-refractivity contribution in [2.24, 2.45) is 0 Å². The van der Waals surface area contributed by atoms with Crippen molar-refractivity contribution in [1.82, 2.24) is 24.8 Å². The van der Waals surface area contributed by atoms with Gasteiger partial charge in [-0.1, -0.05) is 24.3 Å². The number of benzene rings is 2. The van der Waals surface area contributed by atoms with Crippen molar-refractivity contribution in [3.8, 4) is 17.1 Å². The Kier molecular flexibility index (Phi) is 9.21. The van der Waals surface area contributed by atoms with E-state index in [4.69, 9.17) is 14.5 Å². The second kappa shape index (κ2) is 13.7. The molecule has 1 amide bonds. The van der Waals surface area contributed by atoms with E-state index < -0.39 is 16.1 Å². The summed E-state index contributed by atoms with van der Waals surface area (Å²) in [4.78, 5) is 36.8. The lowest BCUT2D eigenvalue weighted by Gasteiger charge is -2.34. The highest BCUT2D eigenvalue weighted by Gasteiger charge is 2.31. The number of hydrogen-bond donors (Lipinski definition) is 1. The van der Waals surface area contributed by atoms with E-state index in [0.717, 1.165) is 61.2 Å². The molecule has 4 heterocycles. The molecule has 1 saturated carbocycles. The van der Waals surface area contributed by atoms with E-state index in [0.29, 0.717) is 17.4 Å². The van der Waals surface area contributed by atoms with Crippen LogP contribution in [-0.2, 0) is 21.3 Å². The minimum absolute atomic E-state index is 0.0316. The number of hydrogen-bond acceptors (Lipinski definition) is 10. The quantitative estimate of drug-likeness (QED) is 0.273. The highest BCUT2D eigenvalue weighted by atomic mass is 32.2. The molecule has 2 atom stereocenters. The van der Waals surface area contributed by atoms with Gasteiger partial charge in [-0.2, -0.15) is 4.98 Å². The maximum absolute atomic E-state index is 14.5. The number of amides is 1. The molecule has 0 unspecified atom stereocenters. The summed E-state index contributed by atoms with van der Waals surface area (Å²) in [6.07, 6.45) is 8.73. The zero-order chi connectivity index (χ0) is 34.1. The van der Waals surface area contributed by atoms with E-state index in [1.54, 1.807) is 35.5 Å². The number of carbonyl (C=O) groups excluding carboxylic acids is 1. The zero-order valence-corrected chi connectivity index (χ0v) is 28.8. The molecule has 1 aliphatic carbocycles. The molecule has 2 fully saturated rings. The van der Waals surface area contributed by atoms with E-state index in [1.165, 1.54) is 12.1 Å². The first-order valence-electron chi connectivity index (χ1n) is 16.9. The molecule has 4 bridgehead atoms. The Bertz CT molecular complexity index is 1950. The van der Waals surface area contributed by atoms with Crippen molar-refractivity contribution in [3.63, 3.8) is 0 Å². The molecular formula is C36H41N7O5S. The summed E-state index contributed by atoms with van der Waals surface area (Å²) in [5.41, 5.74) is 4.12. The maximum atomic E-state index is 14.5. The fourth-order valence-electron chi connectivity index (χ4n) is 6.65. The van der Waals surface area contributed by atoms with Crippen LogP contribution in [0, 0.1) is 13.8 Å². The molecule has 7 rings (SSSR count). The van der Waals surface area contributed by atoms with Crippen molar-refractivity contribution in [2.75, 3.05) is 29.4 Å². The number of fused-ring (bicyclic) bond motifs is 4. The Hall–Kier alpha value is -4.62. The smallest absolute Gasteiger partial charge is 0.264 e. The number of sulfonamides is 1. The predicted molar refractivity (Wildman–Crippen MR) is 185 cm³/mol. The van der Waals surface area contributed by atoms with E-state index >= 15 is 0 Å². The molecule has 1 saturated heterocycles. The largest absolute Gasteiger partial charge is 0.475 e. The van der Waals surface area contributed by atoms with Crippen molar-refractivity contribution < 1.29 is 22.7 Å². The van der Waals surface area contributed by atoms with Gasteiger partial charge in [-0.15, -0.1) is 0 Å². The van der Waals surface area contributed by atoms with Gasteiger partial charge in [-0.3, -0.25) is 9.78 Å². The van der Waals surface area contributed by atoms with Gasteiger partial charge in [0.15, 0.2) is 0 Å². The van der Waals surface area contributed by atoms with Crippen LogP contribution in [0.5, 0.6) is 5.88 Å². The van der Waals surface area contributed by atoms with Crippen LogP contribution in [0.4, 0.5) is 11.8 Å². The highest BCUT2D eigenvalue weighted by molar-refractivity contribution is 7.92. The Morgan fingerprint density at radius 1 is 0.980 bits per heavy atom. The first-order valence-corrected chi connectivity index (χ1v) is 18.3. The van der Waals surface area contributed by atoms with Crippen molar-refractivity contribution >= 4 is 27.7 Å². The van der Waals surface area contributed by atoms with Gasteiger partial charge in [-0.05, 0) is 82.2 Å². The molecule has 2 aromatic heterocycles. The number of nitrogens with zero attached hydrogens (tertiary/aromatic N) is 6. The van der Waals surface area contributed by atoms with Gasteiger partial charge >= 0.3 is 0 Å². The van der Waals surface area contributed by atoms with Crippen molar-refractivity contribution in [3.05, 3.63) is 83.3 Å². The molecule has 3 aliphatic rings. The van der Waals surface area contributed by atoms with Crippen LogP contribution in [0.3, 0.4) is 0 Å². The van der Waals surface area contributed by atoms with Crippen LogP contribution >= 0.6 is 0 Å². The summed E-state index contributed by atoms with van der Waals surface area (Å²) in [6.45, 7) is 7.38. The van der Waals surface area contributed by atoms with Gasteiger partial charge in [0.25, 0.3) is 15.9 Å². The molecule has 4 aromatic rings. The minimum Gasteiger partial charge on any atom is -0.475 e. The number of anilines is 2. The second-order valence-electron chi connectivity index (χ2n) is 13.2. The predicted octanol–water partition coefficient (Wildman–Crippen LogP) is 5.31. The van der Waals surface area contributed by atoms with E-state index in [1.807, 2.05) is 32.0 Å². The Morgan fingerprint density at radius 3 is 2.51 bits per heavy atom. The van der Waals surface area contributed by atoms with E-state index in [9.17, 15) is 13.2 Å². The molecule has 13 heteroatoms. The number of aryl methyl sites for hydroxylation is 2. The summed E-state index contributed by atoms with van der Waals surface area (Å²) in [5.74, 6) is 0.430. The first kappa shape index (κ1) is 32.9. The number of carbonyl (C=O) groups is 1. The molecule has 12 nitrogen and oxygen atoms in total. The zero-order valence-electron chi connectivity index (χ0n) is 28.0. The molecule has 256 valence electrons. The lowest BCUT2D eigenvalue weighted by molar-refractivity contribution is -0.0349. The highest BCUT2D eigenvalue weighted by Crippen LogP contribution is 2.31. The maximum Gasteiger partial charge on any atom is 0.264 e. The van der Waals surface area contributed by atoms with Crippen molar-refractivity contribution in [1.29, 1.82) is 0 Å². The van der Waals surface area contributed by atoms with Gasteiger partial charge < -0.3 is 19.3 Å². The summed E-state index contributed by atoms with van der Waals surface area (Å²) >= 11 is 0. The van der Waals surface area contributed by atoms with Gasteiger partial charge in [0.2, 0.25) is 11.8 Å². The average Bonchev–Trinajstić information content (AvgIpc) is 3.49. The second-order valence-corrected chi connectivity index (χ2v) is 14.8. The lowest BCUT2D eigenvalue weighted by atomic mass is 9.96. The van der Waals surface area contributed by atoms with Crippen LogP contribution in [0.25, 0.3) is 11.3 Å². The summed E-state index contributed by atoms with van der Waals surface area (Å²) in [7, 11) is -4.18. The summed E-state index contributed by atoms with van der Waals surface area (Å²) in [6, 6.07) is 13.4. The van der Waals surface area contributed by atoms with Crippen LogP contribution in [0.1, 0.15) is 66.2 Å². The first-order chi connectivity index (χ1) is 23.6. The van der Waals surface area contributed by atoms with Gasteiger partial charge in [0.05, 0.1) is 54.0 Å². The molecule has 49 heavy (non-hydrogen) atoms. The van der Waals surface area contributed by atoms with Gasteiger partial charge in [0.1, 0.15) is 12.4 Å². The minimum atomic E-state index is -4.18. The normalized spacial score (nSPS) is 20.8. The van der Waals surface area contributed by atoms with Crippen LogP contribution in [0.15, 0.2) is 65.8 Å². The molecule has 0 radical (unpaired) electrons. The number of nitrogens with one attached hydrogen (secondary N) is 1. The fraction of sp³-hybridized carbons (Fsp3) is 0.417. The Balaban J connectivity index is 1.31. The van der Waals surface area contributed by atoms with Crippen LogP contribution in [0.2, 0.25) is 0 Å². The molecule has 1 N–H and O–H groups in total. The monoisotopic (exact) mass is 683 g/mol. The third kappa shape index (κ3) is 7.09. The third-order valence-corrected chi connectivity index (χ3v) is 10.9. The third-order valence-electron chi connectivity index (χ3n) is 9.61. The topological polar surface area (TPSA) is 140 Å². The molecule has 0 spiro atoms. The van der Waals surface area contributed by atoms with Crippen LogP contribution < -0.4 is 14.4 Å². The Labute approximate surface area is 287 Å². The van der Waals surface area contributed by atoms with Crippen LogP contribution in [-0.4, -0.2) is 77.1 Å². The number of rotatable bonds is 7. The average molecular weight is 684 g/mol. The van der Waals surface area contributed by atoms with E-state index in [2.05, 4.69) is 31.5 Å². The summed E-state index contributed by atoms with van der Waals surface area (Å²) in [5, 5.41) is 0. The number of ether oxygens (including phenoxy) is 2. The molecular weight excluding hydrogens is 643 g/mol. The molecule has 2 aliphatic heterocycles. The van der Waals surface area contributed by atoms with E-state index in [-0.39, 0.29) is 54.1 Å². The summed E-state index contributed by atoms with van der Waals surface area (Å²) < 4.78 is 42.6.